The molecule has 0 amide bonds. The number of aromatic nitrogens is 1. The molecule has 0 atom stereocenters. The van der Waals surface area contributed by atoms with Crippen molar-refractivity contribution in [2.75, 3.05) is 12.4 Å². The first-order chi connectivity index (χ1) is 7.40. The third-order valence-electron chi connectivity index (χ3n) is 1.75. The first-order valence-corrected chi connectivity index (χ1v) is 5.43. The lowest BCUT2D eigenvalue weighted by Gasteiger charge is -1.85. The molecule has 0 radical (unpaired) electrons. The maximum Gasteiger partial charge on any atom is 0.257 e. The summed E-state index contributed by atoms with van der Waals surface area (Å²) < 4.78 is 5.47. The number of aliphatic hydroxyl groups excluding tert-OH is 1. The fourth-order valence-electron chi connectivity index (χ4n) is 1.12. The van der Waals surface area contributed by atoms with Crippen LogP contribution < -0.4 is 0 Å². The van der Waals surface area contributed by atoms with Gasteiger partial charge < -0.3 is 9.52 Å². The largest absolute Gasteiger partial charge is 0.431 e. The highest BCUT2D eigenvalue weighted by Crippen LogP contribution is 2.22. The number of nitrogens with zero attached hydrogens (tertiary/aromatic N) is 1. The van der Waals surface area contributed by atoms with Crippen LogP contribution in [0.4, 0.5) is 0 Å². The van der Waals surface area contributed by atoms with Crippen LogP contribution in [0.5, 0.6) is 0 Å². The molecule has 0 bridgehead atoms. The molecule has 0 fully saturated rings. The van der Waals surface area contributed by atoms with Crippen molar-refractivity contribution in [3.05, 3.63) is 24.3 Å². The lowest BCUT2D eigenvalue weighted by atomic mass is 10.3. The number of rotatable bonds is 2. The van der Waals surface area contributed by atoms with Gasteiger partial charge in [-0.15, -0.1) is 0 Å². The standard InChI is InChI=1S/C11H9NO2S/c13-7-3-4-8-15-11-12-9-5-1-2-6-10(9)14-11/h1-2,5-6,13H,7-8H2. The van der Waals surface area contributed by atoms with Gasteiger partial charge in [0.1, 0.15) is 12.1 Å². The number of thioether (sulfide) groups is 1. The zero-order chi connectivity index (χ0) is 10.5. The van der Waals surface area contributed by atoms with Crippen molar-refractivity contribution in [1.82, 2.24) is 4.98 Å². The van der Waals surface area contributed by atoms with Crippen LogP contribution in [0.3, 0.4) is 0 Å². The van der Waals surface area contributed by atoms with E-state index in [-0.39, 0.29) is 6.61 Å². The molecule has 0 aliphatic heterocycles. The van der Waals surface area contributed by atoms with Crippen LogP contribution in [0.15, 0.2) is 33.9 Å². The third kappa shape index (κ3) is 2.52. The van der Waals surface area contributed by atoms with Crippen LogP contribution in [0.25, 0.3) is 11.1 Å². The molecule has 76 valence electrons. The summed E-state index contributed by atoms with van der Waals surface area (Å²) in [5.41, 5.74) is 1.64. The van der Waals surface area contributed by atoms with E-state index in [4.69, 9.17) is 9.52 Å². The maximum absolute atomic E-state index is 8.46. The van der Waals surface area contributed by atoms with E-state index in [0.29, 0.717) is 11.0 Å². The zero-order valence-electron chi connectivity index (χ0n) is 7.93. The predicted molar refractivity (Wildman–Crippen MR) is 59.6 cm³/mol. The van der Waals surface area contributed by atoms with Gasteiger partial charge in [-0.2, -0.15) is 0 Å². The minimum absolute atomic E-state index is 0.103. The van der Waals surface area contributed by atoms with Crippen molar-refractivity contribution in [2.45, 2.75) is 5.22 Å². The van der Waals surface area contributed by atoms with Gasteiger partial charge in [-0.1, -0.05) is 35.7 Å². The van der Waals surface area contributed by atoms with Crippen molar-refractivity contribution in [3.63, 3.8) is 0 Å². The van der Waals surface area contributed by atoms with Crippen LogP contribution in [0.2, 0.25) is 0 Å². The van der Waals surface area contributed by atoms with Gasteiger partial charge in [-0.05, 0) is 12.1 Å². The number of hydrogen-bond acceptors (Lipinski definition) is 4. The van der Waals surface area contributed by atoms with E-state index in [1.807, 2.05) is 24.3 Å². The van der Waals surface area contributed by atoms with E-state index in [0.717, 1.165) is 11.1 Å². The quantitative estimate of drug-likeness (QED) is 0.619. The SMILES string of the molecule is OCC#CCSc1nc2ccccc2o1. The Kier molecular flexibility index (Phi) is 3.28. The Morgan fingerprint density at radius 2 is 2.20 bits per heavy atom. The van der Waals surface area contributed by atoms with E-state index in [1.54, 1.807) is 0 Å². The molecule has 1 aromatic carbocycles. The zero-order valence-corrected chi connectivity index (χ0v) is 8.75. The highest BCUT2D eigenvalue weighted by Gasteiger charge is 2.03. The van der Waals surface area contributed by atoms with Crippen molar-refractivity contribution < 1.29 is 9.52 Å². The van der Waals surface area contributed by atoms with Crippen molar-refractivity contribution in [1.29, 1.82) is 0 Å². The van der Waals surface area contributed by atoms with Crippen molar-refractivity contribution in [2.24, 2.45) is 0 Å². The highest BCUT2D eigenvalue weighted by molar-refractivity contribution is 7.99. The van der Waals surface area contributed by atoms with E-state index in [9.17, 15) is 0 Å². The molecule has 1 heterocycles. The molecule has 3 nitrogen and oxygen atoms in total. The van der Waals surface area contributed by atoms with Gasteiger partial charge in [-0.3, -0.25) is 0 Å². The third-order valence-corrected chi connectivity index (χ3v) is 2.46. The summed E-state index contributed by atoms with van der Waals surface area (Å²) in [5, 5.41) is 9.07. The molecule has 0 aliphatic rings. The smallest absolute Gasteiger partial charge is 0.257 e. The van der Waals surface area contributed by atoms with Crippen LogP contribution in [0.1, 0.15) is 0 Å². The molecule has 15 heavy (non-hydrogen) atoms. The Morgan fingerprint density at radius 1 is 1.33 bits per heavy atom. The van der Waals surface area contributed by atoms with Gasteiger partial charge >= 0.3 is 0 Å². The number of benzene rings is 1. The van der Waals surface area contributed by atoms with Gasteiger partial charge in [0.05, 0.1) is 5.75 Å². The van der Waals surface area contributed by atoms with E-state index in [1.165, 1.54) is 11.8 Å². The normalized spacial score (nSPS) is 9.93. The molecule has 2 rings (SSSR count). The molecule has 0 aliphatic carbocycles. The molecule has 1 aromatic heterocycles. The van der Waals surface area contributed by atoms with Gasteiger partial charge in [0.2, 0.25) is 0 Å². The Labute approximate surface area is 91.5 Å². The average molecular weight is 219 g/mol. The Bertz CT molecular complexity index is 477. The van der Waals surface area contributed by atoms with Gasteiger partial charge in [0.25, 0.3) is 5.22 Å². The maximum atomic E-state index is 8.46. The molecule has 0 saturated carbocycles. The van der Waals surface area contributed by atoms with E-state index in [2.05, 4.69) is 16.8 Å². The summed E-state index contributed by atoms with van der Waals surface area (Å²) in [5.74, 6) is 5.94. The fraction of sp³-hybridized carbons (Fsp3) is 0.182. The summed E-state index contributed by atoms with van der Waals surface area (Å²) in [6.07, 6.45) is 0. The monoisotopic (exact) mass is 219 g/mol. The summed E-state index contributed by atoms with van der Waals surface area (Å²) in [6, 6.07) is 7.62. The van der Waals surface area contributed by atoms with E-state index >= 15 is 0 Å². The number of fused-ring (bicyclic) bond motifs is 1. The number of hydrogen-bond donors (Lipinski definition) is 1. The fourth-order valence-corrected chi connectivity index (χ4v) is 1.73. The summed E-state index contributed by atoms with van der Waals surface area (Å²) in [4.78, 5) is 4.28. The van der Waals surface area contributed by atoms with Crippen molar-refractivity contribution in [3.8, 4) is 11.8 Å². The molecule has 4 heteroatoms. The van der Waals surface area contributed by atoms with Crippen molar-refractivity contribution >= 4 is 22.9 Å². The lowest BCUT2D eigenvalue weighted by Crippen LogP contribution is -1.76. The Balaban J connectivity index is 2.09. The number of para-hydroxylation sites is 2. The number of aliphatic hydroxyl groups is 1. The molecule has 0 unspecified atom stereocenters. The second-order valence-corrected chi connectivity index (χ2v) is 3.67. The first-order valence-electron chi connectivity index (χ1n) is 4.45. The lowest BCUT2D eigenvalue weighted by molar-refractivity contribution is 0.350. The summed E-state index contributed by atoms with van der Waals surface area (Å²) in [6.45, 7) is -0.103. The van der Waals surface area contributed by atoms with Crippen LogP contribution in [-0.4, -0.2) is 22.5 Å². The Morgan fingerprint density at radius 3 is 3.00 bits per heavy atom. The molecule has 0 saturated heterocycles. The molecular weight excluding hydrogens is 210 g/mol. The molecule has 1 N–H and O–H groups in total. The van der Waals surface area contributed by atoms with Gasteiger partial charge in [-0.25, -0.2) is 4.98 Å². The van der Waals surface area contributed by atoms with Crippen LogP contribution in [-0.2, 0) is 0 Å². The predicted octanol–water partition coefficient (Wildman–Crippen LogP) is 1.92. The Hall–Kier alpha value is -1.44. The topological polar surface area (TPSA) is 46.3 Å². The van der Waals surface area contributed by atoms with Crippen LogP contribution in [0, 0.1) is 11.8 Å². The highest BCUT2D eigenvalue weighted by atomic mass is 32.2. The second-order valence-electron chi connectivity index (χ2n) is 2.75. The molecule has 0 spiro atoms. The van der Waals surface area contributed by atoms with Gasteiger partial charge in [0.15, 0.2) is 5.58 Å². The average Bonchev–Trinajstić information content (AvgIpc) is 2.67. The van der Waals surface area contributed by atoms with E-state index < -0.39 is 0 Å². The first kappa shape index (κ1) is 10.1. The molecule has 2 aromatic rings. The number of oxazole rings is 1. The minimum Gasteiger partial charge on any atom is -0.431 e. The minimum atomic E-state index is -0.103. The molecular formula is C11H9NO2S. The van der Waals surface area contributed by atoms with Crippen LogP contribution >= 0.6 is 11.8 Å². The second kappa shape index (κ2) is 4.87. The van der Waals surface area contributed by atoms with Gasteiger partial charge in [0, 0.05) is 0 Å². The summed E-state index contributed by atoms with van der Waals surface area (Å²) in [7, 11) is 0. The summed E-state index contributed by atoms with van der Waals surface area (Å²) >= 11 is 1.42.